The number of rotatable bonds is 2. The van der Waals surface area contributed by atoms with Crippen LogP contribution >= 0.6 is 11.8 Å². The van der Waals surface area contributed by atoms with Crippen molar-refractivity contribution in [3.05, 3.63) is 9.93 Å². The van der Waals surface area contributed by atoms with Gasteiger partial charge in [0.05, 0.1) is 15.0 Å². The number of nitrogens with two attached hydrogens (primary N) is 1. The summed E-state index contributed by atoms with van der Waals surface area (Å²) in [4.78, 5) is 0. The standard InChI is InChI=1S/C5H11NOS2/c1-4(6)5(8-2)9(3)7/h6H2,1-3H3. The van der Waals surface area contributed by atoms with Gasteiger partial charge in [0.1, 0.15) is 0 Å². The van der Waals surface area contributed by atoms with E-state index < -0.39 is 10.8 Å². The molecule has 9 heavy (non-hydrogen) atoms. The summed E-state index contributed by atoms with van der Waals surface area (Å²) in [6.07, 6.45) is 3.50. The maximum absolute atomic E-state index is 10.8. The summed E-state index contributed by atoms with van der Waals surface area (Å²) in [5.74, 6) is 0. The lowest BCUT2D eigenvalue weighted by Gasteiger charge is -1.99. The third-order valence-corrected chi connectivity index (χ3v) is 3.51. The molecule has 0 radical (unpaired) electrons. The van der Waals surface area contributed by atoms with E-state index in [2.05, 4.69) is 0 Å². The predicted octanol–water partition coefficient (Wildman–Crippen LogP) is 0.876. The van der Waals surface area contributed by atoms with E-state index in [4.69, 9.17) is 5.73 Å². The highest BCUT2D eigenvalue weighted by Gasteiger charge is 2.00. The van der Waals surface area contributed by atoms with Crippen molar-refractivity contribution in [2.45, 2.75) is 6.92 Å². The maximum atomic E-state index is 10.8. The van der Waals surface area contributed by atoms with E-state index >= 15 is 0 Å². The molecule has 0 heterocycles. The summed E-state index contributed by atoms with van der Waals surface area (Å²) in [6.45, 7) is 1.76. The zero-order valence-corrected chi connectivity index (χ0v) is 7.44. The normalized spacial score (nSPS) is 16.8. The second-order valence-corrected chi connectivity index (χ2v) is 4.02. The van der Waals surface area contributed by atoms with Gasteiger partial charge in [-0.05, 0) is 13.2 Å². The van der Waals surface area contributed by atoms with Crippen molar-refractivity contribution in [2.75, 3.05) is 12.5 Å². The molecule has 2 nitrogen and oxygen atoms in total. The van der Waals surface area contributed by atoms with E-state index in [9.17, 15) is 4.21 Å². The molecule has 0 rings (SSSR count). The predicted molar refractivity (Wildman–Crippen MR) is 44.5 cm³/mol. The average molecular weight is 165 g/mol. The number of allylic oxidation sites excluding steroid dienone is 1. The lowest BCUT2D eigenvalue weighted by molar-refractivity contribution is 0.691. The monoisotopic (exact) mass is 165 g/mol. The van der Waals surface area contributed by atoms with E-state index in [1.54, 1.807) is 13.2 Å². The lowest BCUT2D eigenvalue weighted by Crippen LogP contribution is -1.99. The van der Waals surface area contributed by atoms with E-state index in [1.165, 1.54) is 11.8 Å². The summed E-state index contributed by atoms with van der Waals surface area (Å²) in [5, 5.41) is 0. The highest BCUT2D eigenvalue weighted by molar-refractivity contribution is 8.15. The van der Waals surface area contributed by atoms with Gasteiger partial charge in [-0.3, -0.25) is 4.21 Å². The molecule has 0 aromatic heterocycles. The molecule has 0 saturated carbocycles. The minimum atomic E-state index is -0.916. The molecule has 0 saturated heterocycles. The Balaban J connectivity index is 4.35. The number of thioether (sulfide) groups is 1. The van der Waals surface area contributed by atoms with Crippen LogP contribution in [0.15, 0.2) is 9.93 Å². The van der Waals surface area contributed by atoms with Gasteiger partial charge in [0.15, 0.2) is 0 Å². The van der Waals surface area contributed by atoms with Crippen molar-refractivity contribution in [1.29, 1.82) is 0 Å². The Morgan fingerprint density at radius 2 is 2.11 bits per heavy atom. The quantitative estimate of drug-likeness (QED) is 0.660. The van der Waals surface area contributed by atoms with Crippen LogP contribution in [0.3, 0.4) is 0 Å². The van der Waals surface area contributed by atoms with Gasteiger partial charge in [0, 0.05) is 12.0 Å². The summed E-state index contributed by atoms with van der Waals surface area (Å²) >= 11 is 1.44. The zero-order chi connectivity index (χ0) is 7.44. The molecule has 0 aliphatic carbocycles. The Morgan fingerprint density at radius 3 is 2.11 bits per heavy atom. The zero-order valence-electron chi connectivity index (χ0n) is 5.80. The molecule has 1 atom stereocenters. The van der Waals surface area contributed by atoms with Gasteiger partial charge < -0.3 is 5.73 Å². The van der Waals surface area contributed by atoms with Gasteiger partial charge in [0.25, 0.3) is 0 Å². The van der Waals surface area contributed by atoms with Crippen LogP contribution in [-0.2, 0) is 10.8 Å². The highest BCUT2D eigenvalue weighted by Crippen LogP contribution is 2.16. The van der Waals surface area contributed by atoms with Gasteiger partial charge >= 0.3 is 0 Å². The van der Waals surface area contributed by atoms with Gasteiger partial charge in [-0.15, -0.1) is 11.8 Å². The van der Waals surface area contributed by atoms with E-state index in [1.807, 2.05) is 6.26 Å². The van der Waals surface area contributed by atoms with Crippen molar-refractivity contribution in [3.63, 3.8) is 0 Å². The molecule has 1 unspecified atom stereocenters. The smallest absolute Gasteiger partial charge is 0.0895 e. The molecular formula is C5H11NOS2. The maximum Gasteiger partial charge on any atom is 0.0895 e. The Bertz CT molecular complexity index is 149. The molecule has 0 aliphatic heterocycles. The molecular weight excluding hydrogens is 154 g/mol. The van der Waals surface area contributed by atoms with Crippen LogP contribution in [0.2, 0.25) is 0 Å². The Morgan fingerprint density at radius 1 is 1.67 bits per heavy atom. The fraction of sp³-hybridized carbons (Fsp3) is 0.600. The molecule has 0 fully saturated rings. The largest absolute Gasteiger partial charge is 0.401 e. The summed E-state index contributed by atoms with van der Waals surface area (Å²) < 4.78 is 11.5. The van der Waals surface area contributed by atoms with Crippen LogP contribution in [0, 0.1) is 0 Å². The molecule has 0 aliphatic rings. The van der Waals surface area contributed by atoms with Gasteiger partial charge in [-0.2, -0.15) is 0 Å². The Hall–Kier alpha value is 0.0400. The van der Waals surface area contributed by atoms with Gasteiger partial charge in [-0.25, -0.2) is 0 Å². The fourth-order valence-corrected chi connectivity index (χ4v) is 2.22. The summed E-state index contributed by atoms with van der Waals surface area (Å²) in [5.41, 5.74) is 6.07. The van der Waals surface area contributed by atoms with E-state index in [0.717, 1.165) is 4.24 Å². The van der Waals surface area contributed by atoms with Gasteiger partial charge in [0.2, 0.25) is 0 Å². The van der Waals surface area contributed by atoms with Crippen molar-refractivity contribution < 1.29 is 4.21 Å². The average Bonchev–Trinajstić information content (AvgIpc) is 1.64. The van der Waals surface area contributed by atoms with Crippen LogP contribution in [0.4, 0.5) is 0 Å². The highest BCUT2D eigenvalue weighted by atomic mass is 32.2. The molecule has 0 amide bonds. The molecule has 0 spiro atoms. The van der Waals surface area contributed by atoms with Crippen LogP contribution < -0.4 is 5.73 Å². The summed E-state index contributed by atoms with van der Waals surface area (Å²) in [7, 11) is -0.916. The molecule has 0 aromatic rings. The van der Waals surface area contributed by atoms with Crippen molar-refractivity contribution in [1.82, 2.24) is 0 Å². The van der Waals surface area contributed by atoms with Gasteiger partial charge in [-0.1, -0.05) is 0 Å². The fourth-order valence-electron chi connectivity index (χ4n) is 0.505. The van der Waals surface area contributed by atoms with Crippen molar-refractivity contribution in [3.8, 4) is 0 Å². The van der Waals surface area contributed by atoms with Crippen LogP contribution in [0.5, 0.6) is 0 Å². The molecule has 0 aromatic carbocycles. The first-order chi connectivity index (χ1) is 4.09. The first-order valence-corrected chi connectivity index (χ1v) is 5.21. The topological polar surface area (TPSA) is 43.1 Å². The molecule has 2 N–H and O–H groups in total. The third kappa shape index (κ3) is 2.91. The molecule has 0 bridgehead atoms. The second-order valence-electron chi connectivity index (χ2n) is 1.63. The second kappa shape index (κ2) is 3.95. The van der Waals surface area contributed by atoms with Crippen molar-refractivity contribution >= 4 is 22.6 Å². The van der Waals surface area contributed by atoms with Crippen LogP contribution in [-0.4, -0.2) is 16.7 Å². The summed E-state index contributed by atoms with van der Waals surface area (Å²) in [6, 6.07) is 0. The molecule has 4 heteroatoms. The lowest BCUT2D eigenvalue weighted by atomic mass is 10.6. The van der Waals surface area contributed by atoms with Crippen LogP contribution in [0.1, 0.15) is 6.92 Å². The molecule has 54 valence electrons. The Labute approximate surface area is 62.3 Å². The van der Waals surface area contributed by atoms with E-state index in [-0.39, 0.29) is 0 Å². The first-order valence-electron chi connectivity index (χ1n) is 2.43. The van der Waals surface area contributed by atoms with Crippen LogP contribution in [0.25, 0.3) is 0 Å². The van der Waals surface area contributed by atoms with E-state index in [0.29, 0.717) is 5.70 Å². The minimum absolute atomic E-state index is 0.656. The number of hydrogen-bond donors (Lipinski definition) is 1. The Kier molecular flexibility index (Phi) is 3.97. The first kappa shape index (κ1) is 9.04. The SMILES string of the molecule is CSC(=C(C)N)S(C)=O. The number of hydrogen-bond acceptors (Lipinski definition) is 3. The minimum Gasteiger partial charge on any atom is -0.401 e. The van der Waals surface area contributed by atoms with Crippen molar-refractivity contribution in [2.24, 2.45) is 5.73 Å². The third-order valence-electron chi connectivity index (χ3n) is 0.768.